The van der Waals surface area contributed by atoms with Crippen LogP contribution in [0.25, 0.3) is 0 Å². The van der Waals surface area contributed by atoms with Gasteiger partial charge in [0.05, 0.1) is 11.1 Å². The second-order valence-electron chi connectivity index (χ2n) is 4.88. The summed E-state index contributed by atoms with van der Waals surface area (Å²) in [6.07, 6.45) is -2.21. The first-order chi connectivity index (χ1) is 8.74. The van der Waals surface area contributed by atoms with Gasteiger partial charge < -0.3 is 5.73 Å². The molecule has 0 aromatic heterocycles. The molecule has 2 N–H and O–H groups in total. The molecule has 0 saturated heterocycles. The molecule has 0 atom stereocenters. The predicted molar refractivity (Wildman–Crippen MR) is 61.1 cm³/mol. The predicted octanol–water partition coefficient (Wildman–Crippen LogP) is 3.30. The lowest BCUT2D eigenvalue weighted by Crippen LogP contribution is -2.45. The van der Waals surface area contributed by atoms with Crippen LogP contribution in [0.2, 0.25) is 0 Å². The van der Waals surface area contributed by atoms with Gasteiger partial charge in [-0.15, -0.1) is 0 Å². The van der Waals surface area contributed by atoms with Crippen LogP contribution in [0.3, 0.4) is 0 Å². The van der Waals surface area contributed by atoms with Crippen molar-refractivity contribution in [2.24, 2.45) is 5.73 Å². The molecule has 104 valence electrons. The van der Waals surface area contributed by atoms with Crippen molar-refractivity contribution in [1.29, 1.82) is 0 Å². The average molecular weight is 275 g/mol. The molecule has 1 saturated carbocycles. The normalized spacial score (nSPS) is 18.6. The topological polar surface area (TPSA) is 43.1 Å². The number of nitrogens with two attached hydrogens (primary N) is 1. The molecule has 0 spiro atoms. The standard InChI is InChI=1S/C13H13F4NO/c14-10-7-8(3-4-9(10)13(15,16)17)11(19)12(18)5-1-2-6-12/h3-4,7H,1-2,5-6,18H2. The van der Waals surface area contributed by atoms with Crippen LogP contribution in [0.5, 0.6) is 0 Å². The number of carbonyl (C=O) groups is 1. The molecule has 1 fully saturated rings. The molecule has 1 aromatic rings. The van der Waals surface area contributed by atoms with Crippen LogP contribution in [0.1, 0.15) is 41.6 Å². The maximum Gasteiger partial charge on any atom is 0.419 e. The molecule has 1 aliphatic rings. The Morgan fingerprint density at radius 3 is 2.26 bits per heavy atom. The van der Waals surface area contributed by atoms with Gasteiger partial charge in [0.2, 0.25) is 0 Å². The number of carbonyl (C=O) groups excluding carboxylic acids is 1. The van der Waals surface area contributed by atoms with Gasteiger partial charge >= 0.3 is 6.18 Å². The van der Waals surface area contributed by atoms with Gasteiger partial charge in [-0.05, 0) is 25.0 Å². The van der Waals surface area contributed by atoms with Crippen LogP contribution in [0.4, 0.5) is 17.6 Å². The van der Waals surface area contributed by atoms with Crippen LogP contribution in [-0.4, -0.2) is 11.3 Å². The smallest absolute Gasteiger partial charge is 0.319 e. The third kappa shape index (κ3) is 2.63. The van der Waals surface area contributed by atoms with Crippen molar-refractivity contribution < 1.29 is 22.4 Å². The van der Waals surface area contributed by atoms with Gasteiger partial charge in [0.25, 0.3) is 0 Å². The second kappa shape index (κ2) is 4.59. The zero-order valence-electron chi connectivity index (χ0n) is 10.1. The number of alkyl halides is 3. The van der Waals surface area contributed by atoms with Crippen LogP contribution in [0.15, 0.2) is 18.2 Å². The Kier molecular flexibility index (Phi) is 3.38. The molecule has 2 rings (SSSR count). The number of halogens is 4. The lowest BCUT2D eigenvalue weighted by atomic mass is 9.88. The van der Waals surface area contributed by atoms with E-state index in [9.17, 15) is 22.4 Å². The summed E-state index contributed by atoms with van der Waals surface area (Å²) in [6.45, 7) is 0. The second-order valence-corrected chi connectivity index (χ2v) is 4.88. The van der Waals surface area contributed by atoms with E-state index < -0.39 is 28.9 Å². The summed E-state index contributed by atoms with van der Waals surface area (Å²) in [5, 5.41) is 0. The Bertz CT molecular complexity index is 504. The first-order valence-electron chi connectivity index (χ1n) is 5.94. The third-order valence-electron chi connectivity index (χ3n) is 3.48. The van der Waals surface area contributed by atoms with E-state index in [2.05, 4.69) is 0 Å². The summed E-state index contributed by atoms with van der Waals surface area (Å²) in [6, 6.07) is 2.19. The quantitative estimate of drug-likeness (QED) is 0.664. The Morgan fingerprint density at radius 2 is 1.79 bits per heavy atom. The molecule has 0 amide bonds. The van der Waals surface area contributed by atoms with Crippen molar-refractivity contribution in [3.63, 3.8) is 0 Å². The van der Waals surface area contributed by atoms with Crippen LogP contribution in [0, 0.1) is 5.82 Å². The Morgan fingerprint density at radius 1 is 1.21 bits per heavy atom. The van der Waals surface area contributed by atoms with Gasteiger partial charge in [-0.3, -0.25) is 4.79 Å². The lowest BCUT2D eigenvalue weighted by molar-refractivity contribution is -0.140. The molecule has 0 bridgehead atoms. The molecule has 0 radical (unpaired) electrons. The van der Waals surface area contributed by atoms with Gasteiger partial charge in [-0.2, -0.15) is 13.2 Å². The van der Waals surface area contributed by atoms with E-state index in [-0.39, 0.29) is 5.56 Å². The molecular weight excluding hydrogens is 262 g/mol. The number of rotatable bonds is 2. The van der Waals surface area contributed by atoms with E-state index in [0.717, 1.165) is 18.9 Å². The van der Waals surface area contributed by atoms with Crippen LogP contribution >= 0.6 is 0 Å². The zero-order valence-corrected chi connectivity index (χ0v) is 10.1. The first-order valence-corrected chi connectivity index (χ1v) is 5.94. The van der Waals surface area contributed by atoms with E-state index >= 15 is 0 Å². The minimum atomic E-state index is -4.76. The summed E-state index contributed by atoms with van der Waals surface area (Å²) < 4.78 is 50.6. The maximum atomic E-state index is 13.4. The SMILES string of the molecule is NC1(C(=O)c2ccc(C(F)(F)F)c(F)c2)CCCC1. The summed E-state index contributed by atoms with van der Waals surface area (Å²) in [4.78, 5) is 12.1. The lowest BCUT2D eigenvalue weighted by Gasteiger charge is -2.22. The summed E-state index contributed by atoms with van der Waals surface area (Å²) in [7, 11) is 0. The highest BCUT2D eigenvalue weighted by molar-refractivity contribution is 6.03. The van der Waals surface area contributed by atoms with Gasteiger partial charge in [-0.1, -0.05) is 18.9 Å². The third-order valence-corrected chi connectivity index (χ3v) is 3.48. The van der Waals surface area contributed by atoms with Crippen molar-refractivity contribution in [3.8, 4) is 0 Å². The van der Waals surface area contributed by atoms with E-state index in [1.807, 2.05) is 0 Å². The van der Waals surface area contributed by atoms with E-state index in [1.165, 1.54) is 0 Å². The Labute approximate surface area is 107 Å². The highest BCUT2D eigenvalue weighted by Crippen LogP contribution is 2.34. The Hall–Kier alpha value is -1.43. The maximum absolute atomic E-state index is 13.4. The molecule has 1 aromatic carbocycles. The van der Waals surface area contributed by atoms with E-state index in [0.29, 0.717) is 25.0 Å². The number of hydrogen-bond acceptors (Lipinski definition) is 2. The average Bonchev–Trinajstić information content (AvgIpc) is 2.74. The largest absolute Gasteiger partial charge is 0.419 e. The van der Waals surface area contributed by atoms with Gasteiger partial charge in [-0.25, -0.2) is 4.39 Å². The van der Waals surface area contributed by atoms with Gasteiger partial charge in [0.15, 0.2) is 5.78 Å². The fourth-order valence-electron chi connectivity index (χ4n) is 2.41. The molecule has 0 heterocycles. The van der Waals surface area contributed by atoms with Crippen molar-refractivity contribution in [2.75, 3.05) is 0 Å². The van der Waals surface area contributed by atoms with Gasteiger partial charge in [0.1, 0.15) is 5.82 Å². The fourth-order valence-corrected chi connectivity index (χ4v) is 2.41. The van der Waals surface area contributed by atoms with Crippen molar-refractivity contribution in [1.82, 2.24) is 0 Å². The monoisotopic (exact) mass is 275 g/mol. The van der Waals surface area contributed by atoms with Crippen molar-refractivity contribution >= 4 is 5.78 Å². The van der Waals surface area contributed by atoms with Crippen LogP contribution in [-0.2, 0) is 6.18 Å². The minimum absolute atomic E-state index is 0.102. The fraction of sp³-hybridized carbons (Fsp3) is 0.462. The number of Topliss-reactive ketones (excluding diaryl/α,β-unsaturated/α-hetero) is 1. The number of hydrogen-bond donors (Lipinski definition) is 1. The highest BCUT2D eigenvalue weighted by atomic mass is 19.4. The molecule has 2 nitrogen and oxygen atoms in total. The summed E-state index contributed by atoms with van der Waals surface area (Å²) >= 11 is 0. The summed E-state index contributed by atoms with van der Waals surface area (Å²) in [5.74, 6) is -1.93. The highest BCUT2D eigenvalue weighted by Gasteiger charge is 2.39. The summed E-state index contributed by atoms with van der Waals surface area (Å²) in [5.41, 5.74) is 3.38. The molecule has 19 heavy (non-hydrogen) atoms. The van der Waals surface area contributed by atoms with E-state index in [4.69, 9.17) is 5.73 Å². The first kappa shape index (κ1) is 14.0. The van der Waals surface area contributed by atoms with Crippen molar-refractivity contribution in [2.45, 2.75) is 37.4 Å². The van der Waals surface area contributed by atoms with Crippen molar-refractivity contribution in [3.05, 3.63) is 35.1 Å². The molecule has 6 heteroatoms. The minimum Gasteiger partial charge on any atom is -0.319 e. The number of ketones is 1. The van der Waals surface area contributed by atoms with Crippen LogP contribution < -0.4 is 5.73 Å². The molecule has 1 aliphatic carbocycles. The van der Waals surface area contributed by atoms with Gasteiger partial charge in [0, 0.05) is 5.56 Å². The zero-order chi connectivity index (χ0) is 14.3. The van der Waals surface area contributed by atoms with E-state index in [1.54, 1.807) is 0 Å². The molecule has 0 unspecified atom stereocenters. The molecular formula is C13H13F4NO. The molecule has 0 aliphatic heterocycles. The Balaban J connectivity index is 2.32. The number of benzene rings is 1.